The second-order valence-electron chi connectivity index (χ2n) is 5.66. The molecule has 8 nitrogen and oxygen atoms in total. The molecule has 3 N–H and O–H groups in total. The van der Waals surface area contributed by atoms with Crippen LogP contribution in [0.4, 0.5) is 5.13 Å². The molecule has 9 heteroatoms. The van der Waals surface area contributed by atoms with E-state index in [9.17, 15) is 9.90 Å². The van der Waals surface area contributed by atoms with Crippen molar-refractivity contribution in [2.24, 2.45) is 0 Å². The largest absolute Gasteiger partial charge is 0.478 e. The summed E-state index contributed by atoms with van der Waals surface area (Å²) in [5.41, 5.74) is 7.26. The Labute approximate surface area is 154 Å². The van der Waals surface area contributed by atoms with Crippen LogP contribution in [0.5, 0.6) is 0 Å². The van der Waals surface area contributed by atoms with Crippen LogP contribution in [0.15, 0.2) is 24.3 Å². The zero-order valence-electron chi connectivity index (χ0n) is 14.5. The maximum atomic E-state index is 11.6. The fourth-order valence-electron chi connectivity index (χ4n) is 2.60. The number of aryl methyl sites for hydroxylation is 1. The van der Waals surface area contributed by atoms with Gasteiger partial charge in [-0.2, -0.15) is 5.10 Å². The van der Waals surface area contributed by atoms with Gasteiger partial charge in [-0.1, -0.05) is 12.1 Å². The van der Waals surface area contributed by atoms with Crippen molar-refractivity contribution < 1.29 is 14.6 Å². The van der Waals surface area contributed by atoms with Crippen molar-refractivity contribution >= 4 is 22.4 Å². The number of carbonyl (C=O) groups is 1. The normalized spacial score (nSPS) is 11.0. The van der Waals surface area contributed by atoms with Crippen LogP contribution in [0.1, 0.15) is 32.6 Å². The molecule has 136 valence electrons. The fraction of sp³-hybridized carbons (Fsp3) is 0.294. The Morgan fingerprint density at radius 1 is 1.35 bits per heavy atom. The van der Waals surface area contributed by atoms with Crippen LogP contribution >= 0.6 is 11.3 Å². The average molecular weight is 373 g/mol. The Kier molecular flexibility index (Phi) is 5.29. The number of nitrogen functional groups attached to an aromatic ring is 1. The number of para-hydroxylation sites is 1. The molecule has 0 bridgehead atoms. The number of aromatic carboxylic acids is 1. The lowest BCUT2D eigenvalue weighted by atomic mass is 10.2. The molecule has 2 heterocycles. The van der Waals surface area contributed by atoms with E-state index in [4.69, 9.17) is 10.5 Å². The summed E-state index contributed by atoms with van der Waals surface area (Å²) in [5, 5.41) is 14.5. The van der Waals surface area contributed by atoms with E-state index in [1.165, 1.54) is 11.3 Å². The highest BCUT2D eigenvalue weighted by molar-refractivity contribution is 7.15. The first-order valence-corrected chi connectivity index (χ1v) is 8.79. The van der Waals surface area contributed by atoms with Gasteiger partial charge >= 0.3 is 5.97 Å². The Hall–Kier alpha value is -2.78. The van der Waals surface area contributed by atoms with Gasteiger partial charge in [0.25, 0.3) is 0 Å². The van der Waals surface area contributed by atoms with Crippen molar-refractivity contribution in [3.63, 3.8) is 0 Å². The van der Waals surface area contributed by atoms with Gasteiger partial charge < -0.3 is 15.6 Å². The van der Waals surface area contributed by atoms with Crippen molar-refractivity contribution in [1.82, 2.24) is 19.7 Å². The maximum absolute atomic E-state index is 11.6. The minimum absolute atomic E-state index is 0.164. The number of carboxylic acid groups (broad SMARTS) is 1. The van der Waals surface area contributed by atoms with Crippen molar-refractivity contribution in [3.8, 4) is 5.69 Å². The molecule has 0 fully saturated rings. The topological polar surface area (TPSA) is 116 Å². The zero-order valence-corrected chi connectivity index (χ0v) is 15.3. The molecular weight excluding hydrogens is 354 g/mol. The summed E-state index contributed by atoms with van der Waals surface area (Å²) in [6, 6.07) is 6.73. The number of benzene rings is 1. The molecule has 3 aromatic rings. The zero-order chi connectivity index (χ0) is 18.7. The summed E-state index contributed by atoms with van der Waals surface area (Å²) >= 11 is 1.40. The standard InChI is InChI=1S/C17H19N5O3S/c1-10-13(26-17(18)19-10)9-15-20-14(7-8-25-2)21-22(15)12-6-4-3-5-11(12)16(23)24/h3-6H,7-9H2,1-2H3,(H2,18,19)(H,23,24). The van der Waals surface area contributed by atoms with Gasteiger partial charge in [-0.25, -0.2) is 19.4 Å². The van der Waals surface area contributed by atoms with Crippen LogP contribution in [-0.4, -0.2) is 44.5 Å². The van der Waals surface area contributed by atoms with Crippen LogP contribution in [0.2, 0.25) is 0 Å². The number of carboxylic acids is 1. The number of nitrogens with two attached hydrogens (primary N) is 1. The quantitative estimate of drug-likeness (QED) is 0.651. The first-order chi connectivity index (χ1) is 12.5. The van der Waals surface area contributed by atoms with E-state index in [1.807, 2.05) is 6.92 Å². The van der Waals surface area contributed by atoms with Gasteiger partial charge in [0.05, 0.1) is 23.6 Å². The fourth-order valence-corrected chi connectivity index (χ4v) is 3.43. The van der Waals surface area contributed by atoms with Gasteiger partial charge in [0.1, 0.15) is 5.82 Å². The second-order valence-corrected chi connectivity index (χ2v) is 6.77. The second kappa shape index (κ2) is 7.63. The number of hydrogen-bond acceptors (Lipinski definition) is 7. The molecular formula is C17H19N5O3S. The molecule has 0 radical (unpaired) electrons. The Balaban J connectivity index is 2.07. The van der Waals surface area contributed by atoms with Gasteiger partial charge in [0, 0.05) is 24.8 Å². The third kappa shape index (κ3) is 3.73. The van der Waals surface area contributed by atoms with Crippen LogP contribution < -0.4 is 5.73 Å². The highest BCUT2D eigenvalue weighted by Crippen LogP contribution is 2.24. The summed E-state index contributed by atoms with van der Waals surface area (Å²) in [7, 11) is 1.61. The SMILES string of the molecule is COCCc1nc(Cc2sc(N)nc2C)n(-c2ccccc2C(=O)O)n1. The van der Waals surface area contributed by atoms with E-state index in [2.05, 4.69) is 15.1 Å². The van der Waals surface area contributed by atoms with Crippen LogP contribution in [0.3, 0.4) is 0 Å². The first kappa shape index (κ1) is 18.0. The third-order valence-electron chi connectivity index (χ3n) is 3.84. The number of aromatic nitrogens is 4. The lowest BCUT2D eigenvalue weighted by Crippen LogP contribution is -2.10. The van der Waals surface area contributed by atoms with E-state index in [1.54, 1.807) is 36.1 Å². The third-order valence-corrected chi connectivity index (χ3v) is 4.82. The number of hydrogen-bond donors (Lipinski definition) is 2. The molecule has 0 saturated heterocycles. The van der Waals surface area contributed by atoms with Crippen LogP contribution in [0.25, 0.3) is 5.69 Å². The van der Waals surface area contributed by atoms with Gasteiger partial charge in [-0.3, -0.25) is 0 Å². The molecule has 0 aliphatic rings. The molecule has 0 unspecified atom stereocenters. The lowest BCUT2D eigenvalue weighted by molar-refractivity contribution is 0.0696. The number of ether oxygens (including phenoxy) is 1. The molecule has 0 atom stereocenters. The molecule has 0 saturated carbocycles. The molecule has 1 aromatic carbocycles. The first-order valence-electron chi connectivity index (χ1n) is 7.97. The molecule has 0 aliphatic heterocycles. The van der Waals surface area contributed by atoms with E-state index in [-0.39, 0.29) is 5.56 Å². The smallest absolute Gasteiger partial charge is 0.337 e. The van der Waals surface area contributed by atoms with Gasteiger partial charge in [-0.05, 0) is 19.1 Å². The monoisotopic (exact) mass is 373 g/mol. The van der Waals surface area contributed by atoms with Crippen molar-refractivity contribution in [2.75, 3.05) is 19.5 Å². The van der Waals surface area contributed by atoms with E-state index >= 15 is 0 Å². The molecule has 3 rings (SSSR count). The molecule has 2 aromatic heterocycles. The van der Waals surface area contributed by atoms with Gasteiger partial charge in [-0.15, -0.1) is 11.3 Å². The van der Waals surface area contributed by atoms with Crippen molar-refractivity contribution in [1.29, 1.82) is 0 Å². The van der Waals surface area contributed by atoms with E-state index in [0.717, 1.165) is 10.6 Å². The summed E-state index contributed by atoms with van der Waals surface area (Å²) < 4.78 is 6.68. The minimum atomic E-state index is -1.02. The number of methoxy groups -OCH3 is 1. The highest BCUT2D eigenvalue weighted by atomic mass is 32.1. The van der Waals surface area contributed by atoms with Gasteiger partial charge in [0.2, 0.25) is 0 Å². The predicted octanol–water partition coefficient (Wildman–Crippen LogP) is 2.09. The summed E-state index contributed by atoms with van der Waals surface area (Å²) in [6.45, 7) is 2.37. The average Bonchev–Trinajstić information content (AvgIpc) is 3.15. The number of nitrogens with zero attached hydrogens (tertiary/aromatic N) is 4. The van der Waals surface area contributed by atoms with Crippen LogP contribution in [0, 0.1) is 6.92 Å². The number of rotatable bonds is 7. The van der Waals surface area contributed by atoms with Crippen LogP contribution in [-0.2, 0) is 17.6 Å². The Bertz CT molecular complexity index is 934. The molecule has 0 amide bonds. The number of anilines is 1. The summed E-state index contributed by atoms with van der Waals surface area (Å²) in [4.78, 5) is 21.4. The Morgan fingerprint density at radius 2 is 2.12 bits per heavy atom. The maximum Gasteiger partial charge on any atom is 0.337 e. The summed E-state index contributed by atoms with van der Waals surface area (Å²) in [5.74, 6) is 0.215. The molecule has 26 heavy (non-hydrogen) atoms. The van der Waals surface area contributed by atoms with E-state index < -0.39 is 5.97 Å². The predicted molar refractivity (Wildman–Crippen MR) is 98.0 cm³/mol. The summed E-state index contributed by atoms with van der Waals surface area (Å²) in [6.07, 6.45) is 1.00. The minimum Gasteiger partial charge on any atom is -0.478 e. The van der Waals surface area contributed by atoms with E-state index in [0.29, 0.717) is 41.9 Å². The van der Waals surface area contributed by atoms with Gasteiger partial charge in [0.15, 0.2) is 11.0 Å². The van der Waals surface area contributed by atoms with Crippen molar-refractivity contribution in [2.45, 2.75) is 19.8 Å². The number of thiazole rings is 1. The molecule has 0 spiro atoms. The lowest BCUT2D eigenvalue weighted by Gasteiger charge is -2.08. The highest BCUT2D eigenvalue weighted by Gasteiger charge is 2.19. The van der Waals surface area contributed by atoms with Crippen molar-refractivity contribution in [3.05, 3.63) is 52.0 Å². The molecule has 0 aliphatic carbocycles. The Morgan fingerprint density at radius 3 is 2.77 bits per heavy atom.